The van der Waals surface area contributed by atoms with E-state index in [9.17, 15) is 0 Å². The van der Waals surface area contributed by atoms with E-state index in [0.717, 1.165) is 28.2 Å². The topological polar surface area (TPSA) is 62.8 Å². The van der Waals surface area contributed by atoms with Crippen LogP contribution >= 0.6 is 11.6 Å². The van der Waals surface area contributed by atoms with Crippen molar-refractivity contribution in [2.75, 3.05) is 12.4 Å². The number of hydrogen-bond acceptors (Lipinski definition) is 4. The lowest BCUT2D eigenvalue weighted by molar-refractivity contribution is 0.414. The van der Waals surface area contributed by atoms with Gasteiger partial charge in [0.2, 0.25) is 5.28 Å². The smallest absolute Gasteiger partial charge is 0.226 e. The van der Waals surface area contributed by atoms with Crippen LogP contribution in [0.4, 0.5) is 5.82 Å². The molecule has 0 saturated heterocycles. The van der Waals surface area contributed by atoms with Crippen LogP contribution in [0, 0.1) is 0 Å². The highest BCUT2D eigenvalue weighted by Crippen LogP contribution is 2.21. The van der Waals surface area contributed by atoms with Crippen molar-refractivity contribution in [1.82, 2.24) is 15.0 Å². The standard InChI is InChI=1S/C14H13ClN4O/c1-20-10-4-2-9(3-5-10)8-17-13-11-6-7-16-12(11)18-14(15)19-13/h2-7H,8H2,1H3,(H2,16,17,18,19). The first-order valence-electron chi connectivity index (χ1n) is 6.13. The van der Waals surface area contributed by atoms with Crippen molar-refractivity contribution in [3.8, 4) is 5.75 Å². The van der Waals surface area contributed by atoms with Crippen LogP contribution in [0.1, 0.15) is 5.56 Å². The molecule has 6 heteroatoms. The van der Waals surface area contributed by atoms with Gasteiger partial charge in [0.15, 0.2) is 0 Å². The summed E-state index contributed by atoms with van der Waals surface area (Å²) in [6.07, 6.45) is 1.81. The van der Waals surface area contributed by atoms with Gasteiger partial charge in [-0.2, -0.15) is 4.98 Å². The molecule has 0 unspecified atom stereocenters. The zero-order chi connectivity index (χ0) is 13.9. The van der Waals surface area contributed by atoms with Crippen LogP contribution in [0.15, 0.2) is 36.5 Å². The number of anilines is 1. The summed E-state index contributed by atoms with van der Waals surface area (Å²) in [5, 5.41) is 4.41. The third-order valence-corrected chi connectivity index (χ3v) is 3.18. The molecule has 20 heavy (non-hydrogen) atoms. The van der Waals surface area contributed by atoms with Crippen LogP contribution in [0.5, 0.6) is 5.75 Å². The average Bonchev–Trinajstić information content (AvgIpc) is 2.93. The van der Waals surface area contributed by atoms with Gasteiger partial charge in [0.25, 0.3) is 0 Å². The first-order valence-corrected chi connectivity index (χ1v) is 6.51. The summed E-state index contributed by atoms with van der Waals surface area (Å²) in [6.45, 7) is 0.650. The molecule has 3 rings (SSSR count). The lowest BCUT2D eigenvalue weighted by Crippen LogP contribution is -2.02. The maximum Gasteiger partial charge on any atom is 0.226 e. The highest BCUT2D eigenvalue weighted by molar-refractivity contribution is 6.28. The second kappa shape index (κ2) is 5.38. The van der Waals surface area contributed by atoms with E-state index < -0.39 is 0 Å². The summed E-state index contributed by atoms with van der Waals surface area (Å²) in [5.74, 6) is 1.56. The number of rotatable bonds is 4. The number of aromatic amines is 1. The third kappa shape index (κ3) is 2.53. The molecule has 0 bridgehead atoms. The Balaban J connectivity index is 1.80. The van der Waals surface area contributed by atoms with E-state index in [0.29, 0.717) is 6.54 Å². The fourth-order valence-electron chi connectivity index (χ4n) is 1.98. The Morgan fingerprint density at radius 1 is 1.20 bits per heavy atom. The Kier molecular flexibility index (Phi) is 3.43. The minimum Gasteiger partial charge on any atom is -0.497 e. The molecule has 102 valence electrons. The van der Waals surface area contributed by atoms with Crippen molar-refractivity contribution in [3.63, 3.8) is 0 Å². The Bertz CT molecular complexity index is 724. The fourth-order valence-corrected chi connectivity index (χ4v) is 2.15. The molecule has 0 aliphatic carbocycles. The SMILES string of the molecule is COc1ccc(CNc2nc(Cl)nc3[nH]ccc23)cc1. The van der Waals surface area contributed by atoms with Crippen molar-refractivity contribution < 1.29 is 4.74 Å². The van der Waals surface area contributed by atoms with Gasteiger partial charge in [-0.05, 0) is 35.4 Å². The molecule has 0 atom stereocenters. The van der Waals surface area contributed by atoms with Gasteiger partial charge in [-0.3, -0.25) is 0 Å². The summed E-state index contributed by atoms with van der Waals surface area (Å²) in [6, 6.07) is 9.78. The van der Waals surface area contributed by atoms with E-state index in [4.69, 9.17) is 16.3 Å². The van der Waals surface area contributed by atoms with Gasteiger partial charge in [0.1, 0.15) is 17.2 Å². The first kappa shape index (κ1) is 12.7. The Labute approximate surface area is 121 Å². The Hall–Kier alpha value is -2.27. The van der Waals surface area contributed by atoms with Crippen LogP contribution in [0.2, 0.25) is 5.28 Å². The zero-order valence-corrected chi connectivity index (χ0v) is 11.6. The molecular formula is C14H13ClN4O. The molecule has 0 aliphatic heterocycles. The number of methoxy groups -OCH3 is 1. The number of nitrogens with zero attached hydrogens (tertiary/aromatic N) is 2. The summed E-state index contributed by atoms with van der Waals surface area (Å²) in [7, 11) is 1.65. The molecule has 0 radical (unpaired) electrons. The van der Waals surface area contributed by atoms with Crippen LogP contribution < -0.4 is 10.1 Å². The molecule has 2 heterocycles. The lowest BCUT2D eigenvalue weighted by Gasteiger charge is -2.08. The Morgan fingerprint density at radius 3 is 2.75 bits per heavy atom. The van der Waals surface area contributed by atoms with Gasteiger partial charge in [0.05, 0.1) is 12.5 Å². The van der Waals surface area contributed by atoms with E-state index in [2.05, 4.69) is 20.3 Å². The highest BCUT2D eigenvalue weighted by Gasteiger charge is 2.07. The molecule has 1 aromatic carbocycles. The molecule has 0 saturated carbocycles. The quantitative estimate of drug-likeness (QED) is 0.724. The molecule has 5 nitrogen and oxygen atoms in total. The molecule has 0 fully saturated rings. The van der Waals surface area contributed by atoms with Crippen molar-refractivity contribution >= 4 is 28.5 Å². The number of aromatic nitrogens is 3. The minimum absolute atomic E-state index is 0.220. The van der Waals surface area contributed by atoms with Crippen LogP contribution in [0.25, 0.3) is 11.0 Å². The predicted molar refractivity (Wildman–Crippen MR) is 79.2 cm³/mol. The van der Waals surface area contributed by atoms with Crippen LogP contribution in [-0.4, -0.2) is 22.1 Å². The normalized spacial score (nSPS) is 10.7. The molecule has 0 spiro atoms. The zero-order valence-electron chi connectivity index (χ0n) is 10.9. The summed E-state index contributed by atoms with van der Waals surface area (Å²) in [4.78, 5) is 11.4. The van der Waals surface area contributed by atoms with Crippen molar-refractivity contribution in [3.05, 3.63) is 47.4 Å². The van der Waals surface area contributed by atoms with Gasteiger partial charge in [-0.1, -0.05) is 12.1 Å². The van der Waals surface area contributed by atoms with Gasteiger partial charge >= 0.3 is 0 Å². The van der Waals surface area contributed by atoms with E-state index in [1.807, 2.05) is 36.5 Å². The van der Waals surface area contributed by atoms with Gasteiger partial charge in [-0.25, -0.2) is 4.98 Å². The predicted octanol–water partition coefficient (Wildman–Crippen LogP) is 3.23. The Morgan fingerprint density at radius 2 is 2.00 bits per heavy atom. The summed E-state index contributed by atoms with van der Waals surface area (Å²) in [5.41, 5.74) is 1.85. The maximum absolute atomic E-state index is 5.90. The number of ether oxygens (including phenoxy) is 1. The van der Waals surface area contributed by atoms with Crippen LogP contribution in [-0.2, 0) is 6.54 Å². The number of hydrogen-bond donors (Lipinski definition) is 2. The lowest BCUT2D eigenvalue weighted by atomic mass is 10.2. The molecular weight excluding hydrogens is 276 g/mol. The fraction of sp³-hybridized carbons (Fsp3) is 0.143. The summed E-state index contributed by atoms with van der Waals surface area (Å²) < 4.78 is 5.13. The number of fused-ring (bicyclic) bond motifs is 1. The second-order valence-electron chi connectivity index (χ2n) is 4.28. The number of halogens is 1. The van der Waals surface area contributed by atoms with Gasteiger partial charge in [0, 0.05) is 12.7 Å². The van der Waals surface area contributed by atoms with E-state index in [1.165, 1.54) is 0 Å². The van der Waals surface area contributed by atoms with Gasteiger partial charge in [-0.15, -0.1) is 0 Å². The van der Waals surface area contributed by atoms with Crippen molar-refractivity contribution in [1.29, 1.82) is 0 Å². The molecule has 2 N–H and O–H groups in total. The molecule has 3 aromatic rings. The number of benzene rings is 1. The number of nitrogens with one attached hydrogen (secondary N) is 2. The molecule has 0 aliphatic rings. The third-order valence-electron chi connectivity index (χ3n) is 3.01. The minimum atomic E-state index is 0.220. The van der Waals surface area contributed by atoms with E-state index in [1.54, 1.807) is 7.11 Å². The van der Waals surface area contributed by atoms with Crippen molar-refractivity contribution in [2.45, 2.75) is 6.54 Å². The average molecular weight is 289 g/mol. The molecule has 0 amide bonds. The van der Waals surface area contributed by atoms with E-state index >= 15 is 0 Å². The largest absolute Gasteiger partial charge is 0.497 e. The van der Waals surface area contributed by atoms with Crippen LogP contribution in [0.3, 0.4) is 0 Å². The van der Waals surface area contributed by atoms with E-state index in [-0.39, 0.29) is 5.28 Å². The second-order valence-corrected chi connectivity index (χ2v) is 4.62. The monoisotopic (exact) mass is 288 g/mol. The first-order chi connectivity index (χ1) is 9.76. The van der Waals surface area contributed by atoms with Gasteiger partial charge < -0.3 is 15.0 Å². The highest BCUT2D eigenvalue weighted by atomic mass is 35.5. The maximum atomic E-state index is 5.90. The number of H-pyrrole nitrogens is 1. The summed E-state index contributed by atoms with van der Waals surface area (Å²) >= 11 is 5.90. The molecule has 2 aromatic heterocycles. The van der Waals surface area contributed by atoms with Crippen molar-refractivity contribution in [2.24, 2.45) is 0 Å².